The molecule has 0 aromatic heterocycles. The smallest absolute Gasteiger partial charge is 0.416 e. The number of anilines is 2. The summed E-state index contributed by atoms with van der Waals surface area (Å²) in [6, 6.07) is 18.1. The molecule has 1 aliphatic heterocycles. The minimum atomic E-state index is -4.34. The van der Waals surface area contributed by atoms with E-state index in [2.05, 4.69) is 5.32 Å². The van der Waals surface area contributed by atoms with Crippen molar-refractivity contribution in [1.29, 1.82) is 0 Å². The first-order valence-electron chi connectivity index (χ1n) is 7.37. The molecule has 3 aromatic carbocycles. The molecule has 24 heavy (non-hydrogen) atoms. The SMILES string of the molecule is FC(F)(F)c1ccc(-c2cccc3c2Nc2ccccc2O3)cc1. The summed E-state index contributed by atoms with van der Waals surface area (Å²) in [6.07, 6.45) is -4.34. The molecule has 1 aliphatic rings. The predicted molar refractivity (Wildman–Crippen MR) is 86.7 cm³/mol. The van der Waals surface area contributed by atoms with Crippen LogP contribution in [-0.4, -0.2) is 0 Å². The van der Waals surface area contributed by atoms with Crippen molar-refractivity contribution in [2.24, 2.45) is 0 Å². The summed E-state index contributed by atoms with van der Waals surface area (Å²) in [5.74, 6) is 1.36. The third-order valence-corrected chi connectivity index (χ3v) is 3.92. The molecular formula is C19H12F3NO. The van der Waals surface area contributed by atoms with Crippen LogP contribution in [0.3, 0.4) is 0 Å². The van der Waals surface area contributed by atoms with Gasteiger partial charge in [-0.15, -0.1) is 0 Å². The van der Waals surface area contributed by atoms with E-state index in [0.29, 0.717) is 11.3 Å². The summed E-state index contributed by atoms with van der Waals surface area (Å²) in [7, 11) is 0. The molecule has 4 rings (SSSR count). The molecule has 0 saturated carbocycles. The lowest BCUT2D eigenvalue weighted by Gasteiger charge is -2.24. The van der Waals surface area contributed by atoms with Crippen LogP contribution in [0, 0.1) is 0 Å². The molecule has 0 radical (unpaired) electrons. The average Bonchev–Trinajstić information content (AvgIpc) is 2.59. The number of nitrogens with one attached hydrogen (secondary N) is 1. The van der Waals surface area contributed by atoms with Crippen molar-refractivity contribution >= 4 is 11.4 Å². The second-order valence-electron chi connectivity index (χ2n) is 5.48. The van der Waals surface area contributed by atoms with Gasteiger partial charge in [0.05, 0.1) is 16.9 Å². The Bertz CT molecular complexity index is 901. The first kappa shape index (κ1) is 14.6. The maximum atomic E-state index is 12.7. The van der Waals surface area contributed by atoms with Crippen LogP contribution in [0.2, 0.25) is 0 Å². The van der Waals surface area contributed by atoms with Crippen LogP contribution in [0.1, 0.15) is 5.56 Å². The van der Waals surface area contributed by atoms with E-state index in [4.69, 9.17) is 4.74 Å². The van der Waals surface area contributed by atoms with Crippen molar-refractivity contribution in [3.8, 4) is 22.6 Å². The van der Waals surface area contributed by atoms with Crippen molar-refractivity contribution in [2.75, 3.05) is 5.32 Å². The quantitative estimate of drug-likeness (QED) is 0.448. The summed E-state index contributed by atoms with van der Waals surface area (Å²) in [5, 5.41) is 3.31. The molecule has 0 unspecified atom stereocenters. The number of alkyl halides is 3. The van der Waals surface area contributed by atoms with Crippen LogP contribution in [0.25, 0.3) is 11.1 Å². The van der Waals surface area contributed by atoms with Gasteiger partial charge in [0.15, 0.2) is 11.5 Å². The largest absolute Gasteiger partial charge is 0.453 e. The summed E-state index contributed by atoms with van der Waals surface area (Å²) in [4.78, 5) is 0. The molecular weight excluding hydrogens is 315 g/mol. The molecule has 0 aliphatic carbocycles. The number of hydrogen-bond donors (Lipinski definition) is 1. The van der Waals surface area contributed by atoms with Gasteiger partial charge < -0.3 is 10.1 Å². The maximum Gasteiger partial charge on any atom is 0.416 e. The average molecular weight is 327 g/mol. The number of fused-ring (bicyclic) bond motifs is 2. The van der Waals surface area contributed by atoms with Gasteiger partial charge in [0, 0.05) is 5.56 Å². The molecule has 120 valence electrons. The lowest BCUT2D eigenvalue weighted by atomic mass is 10.0. The van der Waals surface area contributed by atoms with Crippen molar-refractivity contribution in [1.82, 2.24) is 0 Å². The number of ether oxygens (including phenoxy) is 1. The summed E-state index contributed by atoms with van der Waals surface area (Å²) in [5.41, 5.74) is 2.39. The van der Waals surface area contributed by atoms with Crippen molar-refractivity contribution in [3.63, 3.8) is 0 Å². The van der Waals surface area contributed by atoms with Gasteiger partial charge in [0.2, 0.25) is 0 Å². The zero-order valence-corrected chi connectivity index (χ0v) is 12.4. The van der Waals surface area contributed by atoms with E-state index in [9.17, 15) is 13.2 Å². The van der Waals surface area contributed by atoms with Gasteiger partial charge in [-0.3, -0.25) is 0 Å². The molecule has 0 spiro atoms. The number of hydrogen-bond acceptors (Lipinski definition) is 2. The van der Waals surface area contributed by atoms with E-state index in [-0.39, 0.29) is 0 Å². The van der Waals surface area contributed by atoms with E-state index in [1.807, 2.05) is 42.5 Å². The van der Waals surface area contributed by atoms with E-state index in [1.54, 1.807) is 0 Å². The Hall–Kier alpha value is -2.95. The van der Waals surface area contributed by atoms with Gasteiger partial charge in [0.1, 0.15) is 0 Å². The summed E-state index contributed by atoms with van der Waals surface area (Å²) < 4.78 is 44.1. The Morgan fingerprint density at radius 3 is 2.21 bits per heavy atom. The molecule has 5 heteroatoms. The molecule has 0 bridgehead atoms. The van der Waals surface area contributed by atoms with Gasteiger partial charge in [-0.05, 0) is 35.9 Å². The predicted octanol–water partition coefficient (Wildman–Crippen LogP) is 6.22. The highest BCUT2D eigenvalue weighted by atomic mass is 19.4. The number of rotatable bonds is 1. The van der Waals surface area contributed by atoms with Crippen molar-refractivity contribution < 1.29 is 17.9 Å². The first-order valence-corrected chi connectivity index (χ1v) is 7.37. The molecule has 2 nitrogen and oxygen atoms in total. The summed E-state index contributed by atoms with van der Waals surface area (Å²) in [6.45, 7) is 0. The van der Waals surface area contributed by atoms with Crippen LogP contribution < -0.4 is 10.1 Å². The fourth-order valence-electron chi connectivity index (χ4n) is 2.74. The topological polar surface area (TPSA) is 21.3 Å². The minimum absolute atomic E-state index is 0.645. The Morgan fingerprint density at radius 1 is 0.750 bits per heavy atom. The fourth-order valence-corrected chi connectivity index (χ4v) is 2.74. The van der Waals surface area contributed by atoms with E-state index >= 15 is 0 Å². The summed E-state index contributed by atoms with van der Waals surface area (Å²) >= 11 is 0. The van der Waals surface area contributed by atoms with Crippen molar-refractivity contribution in [2.45, 2.75) is 6.18 Å². The van der Waals surface area contributed by atoms with Gasteiger partial charge in [0.25, 0.3) is 0 Å². The highest BCUT2D eigenvalue weighted by molar-refractivity contribution is 5.88. The number of benzene rings is 3. The Morgan fingerprint density at radius 2 is 1.46 bits per heavy atom. The molecule has 1 heterocycles. The van der Waals surface area contributed by atoms with Gasteiger partial charge >= 0.3 is 6.18 Å². The Labute approximate surface area is 136 Å². The highest BCUT2D eigenvalue weighted by Crippen LogP contribution is 2.46. The monoisotopic (exact) mass is 327 g/mol. The zero-order valence-electron chi connectivity index (χ0n) is 12.4. The lowest BCUT2D eigenvalue weighted by Crippen LogP contribution is -2.05. The van der Waals surface area contributed by atoms with E-state index in [1.165, 1.54) is 12.1 Å². The molecule has 1 N–H and O–H groups in total. The Kier molecular flexibility index (Phi) is 3.23. The second-order valence-corrected chi connectivity index (χ2v) is 5.48. The van der Waals surface area contributed by atoms with E-state index < -0.39 is 11.7 Å². The third-order valence-electron chi connectivity index (χ3n) is 3.92. The molecule has 0 amide bonds. The first-order chi connectivity index (χ1) is 11.5. The number of halogens is 3. The minimum Gasteiger partial charge on any atom is -0.453 e. The van der Waals surface area contributed by atoms with Crippen LogP contribution in [0.15, 0.2) is 66.7 Å². The number of para-hydroxylation sites is 3. The van der Waals surface area contributed by atoms with Gasteiger partial charge in [-0.25, -0.2) is 0 Å². The van der Waals surface area contributed by atoms with Gasteiger partial charge in [-0.2, -0.15) is 13.2 Å². The third kappa shape index (κ3) is 2.48. The van der Waals surface area contributed by atoms with Crippen LogP contribution >= 0.6 is 0 Å². The van der Waals surface area contributed by atoms with Gasteiger partial charge in [-0.1, -0.05) is 36.4 Å². The standard InChI is InChI=1S/C19H12F3NO/c20-19(21,22)13-10-8-12(9-11-13)14-4-3-7-17-18(14)23-15-5-1-2-6-16(15)24-17/h1-11,23H. The molecule has 0 saturated heterocycles. The van der Waals surface area contributed by atoms with Crippen LogP contribution in [0.4, 0.5) is 24.5 Å². The van der Waals surface area contributed by atoms with Crippen molar-refractivity contribution in [3.05, 3.63) is 72.3 Å². The van der Waals surface area contributed by atoms with Crippen LogP contribution in [-0.2, 0) is 6.18 Å². The van der Waals surface area contributed by atoms with Crippen LogP contribution in [0.5, 0.6) is 11.5 Å². The molecule has 3 aromatic rings. The maximum absolute atomic E-state index is 12.7. The normalized spacial score (nSPS) is 12.6. The zero-order chi connectivity index (χ0) is 16.7. The molecule has 0 atom stereocenters. The second kappa shape index (κ2) is 5.30. The van der Waals surface area contributed by atoms with E-state index in [0.717, 1.165) is 34.8 Å². The lowest BCUT2D eigenvalue weighted by molar-refractivity contribution is -0.137. The fraction of sp³-hybridized carbons (Fsp3) is 0.0526. The Balaban J connectivity index is 1.76. The molecule has 0 fully saturated rings. The highest BCUT2D eigenvalue weighted by Gasteiger charge is 2.30.